The largest absolute Gasteiger partial charge is 0.496 e. The molecule has 1 aliphatic heterocycles. The minimum absolute atomic E-state index is 0.0382. The second-order valence-corrected chi connectivity index (χ2v) is 6.12. The van der Waals surface area contributed by atoms with Gasteiger partial charge < -0.3 is 20.1 Å². The summed E-state index contributed by atoms with van der Waals surface area (Å²) in [6, 6.07) is 5.41. The third-order valence-corrected chi connectivity index (χ3v) is 4.74. The zero-order chi connectivity index (χ0) is 15.2. The fraction of sp³-hybridized carbons (Fsp3) is 0.533. The molecule has 0 bridgehead atoms. The van der Waals surface area contributed by atoms with Gasteiger partial charge in [-0.1, -0.05) is 0 Å². The molecular weight excluding hydrogens is 288 g/mol. The number of methoxy groups -OCH3 is 2. The highest BCUT2D eigenvalue weighted by Gasteiger charge is 2.29. The predicted molar refractivity (Wildman–Crippen MR) is 86.0 cm³/mol. The molecule has 0 aromatic heterocycles. The van der Waals surface area contributed by atoms with Crippen LogP contribution in [0.5, 0.6) is 5.75 Å². The van der Waals surface area contributed by atoms with E-state index >= 15 is 0 Å². The van der Waals surface area contributed by atoms with Crippen LogP contribution in [0.3, 0.4) is 0 Å². The average molecular weight is 310 g/mol. The molecule has 116 valence electrons. The zero-order valence-electron chi connectivity index (χ0n) is 12.5. The first-order chi connectivity index (χ1) is 10.2. The number of benzene rings is 1. The normalized spacial score (nSPS) is 17.7. The number of amides is 1. The van der Waals surface area contributed by atoms with Crippen LogP contribution < -0.4 is 10.5 Å². The highest BCUT2D eigenvalue weighted by Crippen LogP contribution is 2.27. The van der Waals surface area contributed by atoms with Gasteiger partial charge in [0.1, 0.15) is 5.75 Å². The smallest absolute Gasteiger partial charge is 0.258 e. The van der Waals surface area contributed by atoms with Crippen molar-refractivity contribution in [3.63, 3.8) is 0 Å². The fourth-order valence-electron chi connectivity index (χ4n) is 2.45. The van der Waals surface area contributed by atoms with E-state index in [9.17, 15) is 4.79 Å². The van der Waals surface area contributed by atoms with Crippen molar-refractivity contribution in [2.75, 3.05) is 44.6 Å². The molecule has 1 aromatic rings. The maximum atomic E-state index is 12.9. The number of nitrogens with two attached hydrogens (primary N) is 1. The molecule has 5 nitrogen and oxygen atoms in total. The van der Waals surface area contributed by atoms with Crippen LogP contribution >= 0.6 is 11.8 Å². The van der Waals surface area contributed by atoms with Crippen molar-refractivity contribution >= 4 is 23.4 Å². The van der Waals surface area contributed by atoms with E-state index in [0.717, 1.165) is 17.9 Å². The Labute approximate surface area is 129 Å². The van der Waals surface area contributed by atoms with Gasteiger partial charge in [-0.2, -0.15) is 11.8 Å². The van der Waals surface area contributed by atoms with Crippen molar-refractivity contribution in [1.82, 2.24) is 4.90 Å². The Morgan fingerprint density at radius 3 is 2.90 bits per heavy atom. The number of carbonyl (C=O) groups excluding carboxylic acids is 1. The number of hydrogen-bond acceptors (Lipinski definition) is 5. The van der Waals surface area contributed by atoms with Crippen LogP contribution in [0.2, 0.25) is 0 Å². The molecule has 21 heavy (non-hydrogen) atoms. The van der Waals surface area contributed by atoms with E-state index in [1.54, 1.807) is 32.4 Å². The van der Waals surface area contributed by atoms with Gasteiger partial charge in [-0.3, -0.25) is 4.79 Å². The van der Waals surface area contributed by atoms with Gasteiger partial charge in [-0.25, -0.2) is 0 Å². The number of thioether (sulfide) groups is 1. The van der Waals surface area contributed by atoms with Gasteiger partial charge in [0.05, 0.1) is 19.3 Å². The number of rotatable bonds is 6. The Morgan fingerprint density at radius 1 is 1.48 bits per heavy atom. The van der Waals surface area contributed by atoms with E-state index in [-0.39, 0.29) is 11.9 Å². The standard InChI is InChI=1S/C15H22N2O3S/c1-19-7-6-17(12-5-8-21-10-12)15(18)13-9-11(16)3-4-14(13)20-2/h3-4,9,12H,5-8,10,16H2,1-2H3. The van der Waals surface area contributed by atoms with E-state index in [0.29, 0.717) is 30.2 Å². The van der Waals surface area contributed by atoms with Crippen LogP contribution in [-0.4, -0.2) is 55.7 Å². The molecule has 0 saturated carbocycles. The third-order valence-electron chi connectivity index (χ3n) is 3.60. The minimum Gasteiger partial charge on any atom is -0.496 e. The lowest BCUT2D eigenvalue weighted by Gasteiger charge is -2.29. The molecule has 0 radical (unpaired) electrons. The molecule has 2 rings (SSSR count). The van der Waals surface area contributed by atoms with Crippen LogP contribution in [-0.2, 0) is 4.74 Å². The molecule has 1 aromatic carbocycles. The van der Waals surface area contributed by atoms with Crippen molar-refractivity contribution in [3.05, 3.63) is 23.8 Å². The summed E-state index contributed by atoms with van der Waals surface area (Å²) in [4.78, 5) is 14.8. The molecule has 1 amide bonds. The summed E-state index contributed by atoms with van der Waals surface area (Å²) in [6.07, 6.45) is 1.02. The Kier molecular flexibility index (Phi) is 5.76. The van der Waals surface area contributed by atoms with E-state index in [1.165, 1.54) is 0 Å². The van der Waals surface area contributed by atoms with Crippen LogP contribution in [0, 0.1) is 0 Å². The molecule has 2 N–H and O–H groups in total. The number of nitrogen functional groups attached to an aromatic ring is 1. The van der Waals surface area contributed by atoms with E-state index in [4.69, 9.17) is 15.2 Å². The molecule has 1 heterocycles. The lowest BCUT2D eigenvalue weighted by Crippen LogP contribution is -2.42. The van der Waals surface area contributed by atoms with Gasteiger partial charge in [-0.05, 0) is 30.4 Å². The SMILES string of the molecule is COCCN(C(=O)c1cc(N)ccc1OC)C1CCSC1. The summed E-state index contributed by atoms with van der Waals surface area (Å²) in [5.41, 5.74) is 6.90. The number of ether oxygens (including phenoxy) is 2. The molecule has 1 fully saturated rings. The summed E-state index contributed by atoms with van der Waals surface area (Å²) in [5, 5.41) is 0. The second kappa shape index (κ2) is 7.56. The lowest BCUT2D eigenvalue weighted by molar-refractivity contribution is 0.0621. The maximum Gasteiger partial charge on any atom is 0.258 e. The molecule has 1 atom stereocenters. The highest BCUT2D eigenvalue weighted by atomic mass is 32.2. The maximum absolute atomic E-state index is 12.9. The number of carbonyl (C=O) groups is 1. The Hall–Kier alpha value is -1.40. The first-order valence-corrected chi connectivity index (χ1v) is 8.14. The molecule has 1 aliphatic rings. The van der Waals surface area contributed by atoms with Crippen molar-refractivity contribution < 1.29 is 14.3 Å². The van der Waals surface area contributed by atoms with Gasteiger partial charge in [0.15, 0.2) is 0 Å². The molecule has 0 aliphatic carbocycles. The molecule has 6 heteroatoms. The molecule has 0 spiro atoms. The quantitative estimate of drug-likeness (QED) is 0.813. The summed E-state index contributed by atoms with van der Waals surface area (Å²) in [7, 11) is 3.21. The Morgan fingerprint density at radius 2 is 2.29 bits per heavy atom. The van der Waals surface area contributed by atoms with Crippen molar-refractivity contribution in [3.8, 4) is 5.75 Å². The van der Waals surface area contributed by atoms with E-state index < -0.39 is 0 Å². The first kappa shape index (κ1) is 16.0. The average Bonchev–Trinajstić information content (AvgIpc) is 3.01. The van der Waals surface area contributed by atoms with Gasteiger partial charge in [0.25, 0.3) is 5.91 Å². The molecular formula is C15H22N2O3S. The first-order valence-electron chi connectivity index (χ1n) is 6.98. The minimum atomic E-state index is -0.0382. The van der Waals surface area contributed by atoms with Gasteiger partial charge >= 0.3 is 0 Å². The molecule has 1 saturated heterocycles. The van der Waals surface area contributed by atoms with Crippen molar-refractivity contribution in [2.45, 2.75) is 12.5 Å². The number of anilines is 1. The van der Waals surface area contributed by atoms with Crippen molar-refractivity contribution in [2.24, 2.45) is 0 Å². The van der Waals surface area contributed by atoms with Crippen LogP contribution in [0.1, 0.15) is 16.8 Å². The Bertz CT molecular complexity index is 490. The van der Waals surface area contributed by atoms with Crippen LogP contribution in [0.4, 0.5) is 5.69 Å². The topological polar surface area (TPSA) is 64.8 Å². The zero-order valence-corrected chi connectivity index (χ0v) is 13.3. The van der Waals surface area contributed by atoms with Gasteiger partial charge in [-0.15, -0.1) is 0 Å². The summed E-state index contributed by atoms with van der Waals surface area (Å²) >= 11 is 1.88. The Balaban J connectivity index is 2.26. The predicted octanol–water partition coefficient (Wildman–Crippen LogP) is 1.87. The van der Waals surface area contributed by atoms with Crippen LogP contribution in [0.25, 0.3) is 0 Å². The number of nitrogens with zero attached hydrogens (tertiary/aromatic N) is 1. The lowest BCUT2D eigenvalue weighted by atomic mass is 10.1. The van der Waals surface area contributed by atoms with E-state index in [1.807, 2.05) is 16.7 Å². The van der Waals surface area contributed by atoms with Gasteiger partial charge in [0.2, 0.25) is 0 Å². The number of hydrogen-bond donors (Lipinski definition) is 1. The summed E-state index contributed by atoms with van der Waals surface area (Å²) in [6.45, 7) is 1.11. The fourth-order valence-corrected chi connectivity index (χ4v) is 3.68. The van der Waals surface area contributed by atoms with E-state index in [2.05, 4.69) is 0 Å². The highest BCUT2D eigenvalue weighted by molar-refractivity contribution is 7.99. The third kappa shape index (κ3) is 3.83. The van der Waals surface area contributed by atoms with Crippen LogP contribution in [0.15, 0.2) is 18.2 Å². The second-order valence-electron chi connectivity index (χ2n) is 4.97. The monoisotopic (exact) mass is 310 g/mol. The van der Waals surface area contributed by atoms with Crippen molar-refractivity contribution in [1.29, 1.82) is 0 Å². The summed E-state index contributed by atoms with van der Waals surface area (Å²) < 4.78 is 10.4. The molecule has 1 unspecified atom stereocenters. The van der Waals surface area contributed by atoms with Gasteiger partial charge in [0, 0.05) is 31.1 Å². The summed E-state index contributed by atoms with van der Waals surface area (Å²) in [5.74, 6) is 2.58.